The second-order valence-electron chi connectivity index (χ2n) is 6.94. The summed E-state index contributed by atoms with van der Waals surface area (Å²) >= 11 is 0. The molecule has 1 aliphatic heterocycles. The second kappa shape index (κ2) is 6.90. The van der Waals surface area contributed by atoms with Crippen molar-refractivity contribution in [1.29, 1.82) is 0 Å². The summed E-state index contributed by atoms with van der Waals surface area (Å²) in [5, 5.41) is 2.85. The second-order valence-corrected chi connectivity index (χ2v) is 6.94. The number of ether oxygens (including phenoxy) is 2. The number of likely N-dealkylation sites (N-methyl/N-ethyl adjacent to an activating group) is 1. The minimum Gasteiger partial charge on any atom is -0.454 e. The molecule has 1 aromatic carbocycles. The summed E-state index contributed by atoms with van der Waals surface area (Å²) < 4.78 is 10.6. The molecule has 7 nitrogen and oxygen atoms in total. The van der Waals surface area contributed by atoms with E-state index in [0.717, 1.165) is 12.0 Å². The fourth-order valence-electron chi connectivity index (χ4n) is 3.20. The SMILES string of the molecule is CN(CCc1ccncc1)C(=O)C1(C(=O)Nc2ccc3c(c2)OCO3)CC1. The Kier molecular flexibility index (Phi) is 4.43. The number of hydrogen-bond acceptors (Lipinski definition) is 5. The monoisotopic (exact) mass is 367 g/mol. The topological polar surface area (TPSA) is 80.8 Å². The van der Waals surface area contributed by atoms with Crippen LogP contribution in [0.15, 0.2) is 42.7 Å². The fraction of sp³-hybridized carbons (Fsp3) is 0.350. The lowest BCUT2D eigenvalue weighted by Crippen LogP contribution is -2.41. The van der Waals surface area contributed by atoms with E-state index in [0.29, 0.717) is 36.6 Å². The first-order valence-electron chi connectivity index (χ1n) is 8.94. The molecular weight excluding hydrogens is 346 g/mol. The molecule has 27 heavy (non-hydrogen) atoms. The Bertz CT molecular complexity index is 865. The van der Waals surface area contributed by atoms with Crippen LogP contribution in [0.4, 0.5) is 5.69 Å². The van der Waals surface area contributed by atoms with Crippen molar-refractivity contribution in [3.05, 3.63) is 48.3 Å². The molecule has 4 rings (SSSR count). The summed E-state index contributed by atoms with van der Waals surface area (Å²) in [6.07, 6.45) is 5.34. The third kappa shape index (κ3) is 3.45. The van der Waals surface area contributed by atoms with Crippen molar-refractivity contribution in [2.45, 2.75) is 19.3 Å². The van der Waals surface area contributed by atoms with Crippen LogP contribution < -0.4 is 14.8 Å². The summed E-state index contributed by atoms with van der Waals surface area (Å²) in [5.41, 5.74) is 0.755. The number of carbonyl (C=O) groups excluding carboxylic acids is 2. The van der Waals surface area contributed by atoms with Gasteiger partial charge in [0.2, 0.25) is 18.6 Å². The van der Waals surface area contributed by atoms with E-state index in [1.807, 2.05) is 12.1 Å². The van der Waals surface area contributed by atoms with Crippen LogP contribution >= 0.6 is 0 Å². The van der Waals surface area contributed by atoms with Gasteiger partial charge in [-0.15, -0.1) is 0 Å². The molecule has 1 aromatic heterocycles. The molecule has 0 atom stereocenters. The Balaban J connectivity index is 1.38. The highest BCUT2D eigenvalue weighted by Gasteiger charge is 2.57. The lowest BCUT2D eigenvalue weighted by atomic mass is 10.0. The molecule has 2 amide bonds. The number of amides is 2. The van der Waals surface area contributed by atoms with Gasteiger partial charge in [0.05, 0.1) is 0 Å². The maximum atomic E-state index is 12.9. The van der Waals surface area contributed by atoms with E-state index in [-0.39, 0.29) is 18.6 Å². The molecule has 0 spiro atoms. The zero-order valence-electron chi connectivity index (χ0n) is 15.1. The highest BCUT2D eigenvalue weighted by atomic mass is 16.7. The Morgan fingerprint density at radius 2 is 1.89 bits per heavy atom. The van der Waals surface area contributed by atoms with Gasteiger partial charge in [-0.3, -0.25) is 14.6 Å². The first-order chi connectivity index (χ1) is 13.1. The predicted octanol–water partition coefficient (Wildman–Crippen LogP) is 2.23. The van der Waals surface area contributed by atoms with Crippen molar-refractivity contribution in [3.8, 4) is 11.5 Å². The van der Waals surface area contributed by atoms with Gasteiger partial charge in [-0.05, 0) is 49.1 Å². The quantitative estimate of drug-likeness (QED) is 0.792. The van der Waals surface area contributed by atoms with Gasteiger partial charge in [-0.25, -0.2) is 0 Å². The van der Waals surface area contributed by atoms with E-state index in [1.54, 1.807) is 42.5 Å². The number of benzene rings is 1. The van der Waals surface area contributed by atoms with Gasteiger partial charge in [0, 0.05) is 37.7 Å². The Morgan fingerprint density at radius 3 is 2.63 bits per heavy atom. The lowest BCUT2D eigenvalue weighted by Gasteiger charge is -2.23. The van der Waals surface area contributed by atoms with Crippen LogP contribution in [0.2, 0.25) is 0 Å². The van der Waals surface area contributed by atoms with Crippen LogP contribution in [0, 0.1) is 5.41 Å². The highest BCUT2D eigenvalue weighted by Crippen LogP contribution is 2.48. The van der Waals surface area contributed by atoms with Crippen LogP contribution in [0.1, 0.15) is 18.4 Å². The highest BCUT2D eigenvalue weighted by molar-refractivity contribution is 6.13. The molecule has 1 N–H and O–H groups in total. The van der Waals surface area contributed by atoms with Gasteiger partial charge in [0.1, 0.15) is 5.41 Å². The maximum absolute atomic E-state index is 12.9. The van der Waals surface area contributed by atoms with Crippen LogP contribution in [-0.4, -0.2) is 42.1 Å². The number of nitrogens with one attached hydrogen (secondary N) is 1. The minimum absolute atomic E-state index is 0.130. The van der Waals surface area contributed by atoms with Crippen LogP contribution in [0.3, 0.4) is 0 Å². The molecule has 1 aliphatic carbocycles. The Morgan fingerprint density at radius 1 is 1.15 bits per heavy atom. The number of nitrogens with zero attached hydrogens (tertiary/aromatic N) is 2. The van der Waals surface area contributed by atoms with Crippen molar-refractivity contribution in [3.63, 3.8) is 0 Å². The molecule has 2 aromatic rings. The summed E-state index contributed by atoms with van der Waals surface area (Å²) in [5.74, 6) is 0.858. The van der Waals surface area contributed by atoms with E-state index in [9.17, 15) is 9.59 Å². The normalized spacial score (nSPS) is 15.9. The summed E-state index contributed by atoms with van der Waals surface area (Å²) in [6.45, 7) is 0.735. The van der Waals surface area contributed by atoms with Crippen LogP contribution in [-0.2, 0) is 16.0 Å². The summed E-state index contributed by atoms with van der Waals surface area (Å²) in [4.78, 5) is 31.3. The van der Waals surface area contributed by atoms with Gasteiger partial charge in [0.25, 0.3) is 0 Å². The molecule has 0 saturated heterocycles. The van der Waals surface area contributed by atoms with Crippen molar-refractivity contribution < 1.29 is 19.1 Å². The largest absolute Gasteiger partial charge is 0.454 e. The van der Waals surface area contributed by atoms with E-state index in [2.05, 4.69) is 10.3 Å². The van der Waals surface area contributed by atoms with Gasteiger partial charge in [0.15, 0.2) is 11.5 Å². The predicted molar refractivity (Wildman–Crippen MR) is 98.4 cm³/mol. The van der Waals surface area contributed by atoms with Crippen molar-refractivity contribution in [2.75, 3.05) is 25.7 Å². The average molecular weight is 367 g/mol. The van der Waals surface area contributed by atoms with Gasteiger partial charge in [-0.1, -0.05) is 0 Å². The number of anilines is 1. The first-order valence-corrected chi connectivity index (χ1v) is 8.94. The van der Waals surface area contributed by atoms with Gasteiger partial charge in [-0.2, -0.15) is 0 Å². The standard InChI is InChI=1S/C20H21N3O4/c1-23(11-6-14-4-9-21-10-5-14)19(25)20(7-8-20)18(24)22-15-2-3-16-17(12-15)27-13-26-16/h2-5,9-10,12H,6-8,11,13H2,1H3,(H,22,24). The van der Waals surface area contributed by atoms with Crippen LogP contribution in [0.5, 0.6) is 11.5 Å². The van der Waals surface area contributed by atoms with Gasteiger partial charge < -0.3 is 19.7 Å². The lowest BCUT2D eigenvalue weighted by molar-refractivity contribution is -0.141. The summed E-state index contributed by atoms with van der Waals surface area (Å²) in [7, 11) is 1.75. The van der Waals surface area contributed by atoms with Crippen molar-refractivity contribution in [2.24, 2.45) is 5.41 Å². The van der Waals surface area contributed by atoms with E-state index in [4.69, 9.17) is 9.47 Å². The number of pyridine rings is 1. The van der Waals surface area contributed by atoms with Crippen LogP contribution in [0.25, 0.3) is 0 Å². The van der Waals surface area contributed by atoms with Crippen molar-refractivity contribution in [1.82, 2.24) is 9.88 Å². The van der Waals surface area contributed by atoms with E-state index >= 15 is 0 Å². The number of aromatic nitrogens is 1. The Hall–Kier alpha value is -3.09. The van der Waals surface area contributed by atoms with E-state index < -0.39 is 5.41 Å². The third-order valence-electron chi connectivity index (χ3n) is 5.06. The maximum Gasteiger partial charge on any atom is 0.240 e. The van der Waals surface area contributed by atoms with Crippen molar-refractivity contribution >= 4 is 17.5 Å². The summed E-state index contributed by atoms with van der Waals surface area (Å²) in [6, 6.07) is 9.07. The molecule has 2 aliphatic rings. The zero-order chi connectivity index (χ0) is 18.9. The average Bonchev–Trinajstić information content (AvgIpc) is 3.38. The molecule has 1 fully saturated rings. The molecule has 0 unspecified atom stereocenters. The Labute approximate surface area is 157 Å². The number of carbonyl (C=O) groups is 2. The molecule has 0 radical (unpaired) electrons. The molecule has 2 heterocycles. The minimum atomic E-state index is -0.955. The molecule has 7 heteroatoms. The molecular formula is C20H21N3O4. The smallest absolute Gasteiger partial charge is 0.240 e. The number of rotatable bonds is 6. The molecule has 140 valence electrons. The molecule has 1 saturated carbocycles. The number of hydrogen-bond donors (Lipinski definition) is 1. The third-order valence-corrected chi connectivity index (χ3v) is 5.06. The zero-order valence-corrected chi connectivity index (χ0v) is 15.1. The number of fused-ring (bicyclic) bond motifs is 1. The first kappa shape index (κ1) is 17.3. The van der Waals surface area contributed by atoms with E-state index in [1.165, 1.54) is 0 Å². The molecule has 0 bridgehead atoms. The fourth-order valence-corrected chi connectivity index (χ4v) is 3.20. The van der Waals surface area contributed by atoms with Gasteiger partial charge >= 0.3 is 0 Å².